The van der Waals surface area contributed by atoms with Crippen molar-refractivity contribution in [3.05, 3.63) is 34.9 Å². The molecule has 0 radical (unpaired) electrons. The van der Waals surface area contributed by atoms with Crippen molar-refractivity contribution in [3.8, 4) is 0 Å². The molecule has 1 saturated heterocycles. The lowest BCUT2D eigenvalue weighted by Crippen LogP contribution is -2.63. The molecule has 6 N–H and O–H groups in total. The molecule has 1 aliphatic rings. The van der Waals surface area contributed by atoms with Gasteiger partial charge in [-0.25, -0.2) is 4.79 Å². The topological polar surface area (TPSA) is 174 Å². The Morgan fingerprint density at radius 1 is 1.20 bits per heavy atom. The number of ether oxygens (including phenoxy) is 1. The van der Waals surface area contributed by atoms with Crippen molar-refractivity contribution < 1.29 is 44.7 Å². The van der Waals surface area contributed by atoms with Gasteiger partial charge in [0, 0.05) is 16.1 Å². The van der Waals surface area contributed by atoms with Gasteiger partial charge in [0.25, 0.3) is 0 Å². The maximum absolute atomic E-state index is 10.6. The molecule has 168 valence electrons. The normalized spacial score (nSPS) is 23.1. The SMILES string of the molecule is C[C@@H]1NC(C)(C)CO[C@@]1(O)c1cccc(Cl)c1.O=C(O)CC(O)(CC(=O)O)C(=O)O. The molecule has 0 amide bonds. The first-order chi connectivity index (χ1) is 13.6. The quantitative estimate of drug-likeness (QED) is 0.369. The molecule has 0 bridgehead atoms. The molecule has 11 heteroatoms. The lowest BCUT2D eigenvalue weighted by Gasteiger charge is -2.46. The fourth-order valence-corrected chi connectivity index (χ4v) is 3.09. The summed E-state index contributed by atoms with van der Waals surface area (Å²) in [4.78, 5) is 30.5. The number of hydrogen-bond acceptors (Lipinski definition) is 7. The van der Waals surface area contributed by atoms with Crippen molar-refractivity contribution in [2.45, 2.75) is 56.6 Å². The van der Waals surface area contributed by atoms with Gasteiger partial charge in [-0.15, -0.1) is 0 Å². The van der Waals surface area contributed by atoms with E-state index in [9.17, 15) is 19.5 Å². The molecule has 0 unspecified atom stereocenters. The molecule has 30 heavy (non-hydrogen) atoms. The van der Waals surface area contributed by atoms with Gasteiger partial charge in [-0.05, 0) is 32.9 Å². The van der Waals surface area contributed by atoms with Gasteiger partial charge < -0.3 is 35.6 Å². The number of hydrogen-bond donors (Lipinski definition) is 6. The van der Waals surface area contributed by atoms with Crippen molar-refractivity contribution in [2.24, 2.45) is 0 Å². The summed E-state index contributed by atoms with van der Waals surface area (Å²) < 4.78 is 5.67. The van der Waals surface area contributed by atoms with E-state index in [-0.39, 0.29) is 11.6 Å². The van der Waals surface area contributed by atoms with E-state index in [0.29, 0.717) is 17.2 Å². The number of aliphatic hydroxyl groups is 2. The maximum Gasteiger partial charge on any atom is 0.336 e. The number of nitrogens with one attached hydrogen (secondary N) is 1. The Hall–Kier alpha value is -2.24. The zero-order valence-corrected chi connectivity index (χ0v) is 17.5. The van der Waals surface area contributed by atoms with E-state index < -0.39 is 42.1 Å². The van der Waals surface area contributed by atoms with Crippen molar-refractivity contribution in [3.63, 3.8) is 0 Å². The molecule has 0 spiro atoms. The zero-order valence-electron chi connectivity index (χ0n) is 16.8. The van der Waals surface area contributed by atoms with E-state index in [0.717, 1.165) is 0 Å². The smallest absolute Gasteiger partial charge is 0.336 e. The summed E-state index contributed by atoms with van der Waals surface area (Å²) >= 11 is 5.94. The molecule has 2 atom stereocenters. The van der Waals surface area contributed by atoms with Crippen LogP contribution in [0, 0.1) is 0 Å². The van der Waals surface area contributed by atoms with E-state index in [1.807, 2.05) is 32.9 Å². The van der Waals surface area contributed by atoms with Crippen LogP contribution in [0.5, 0.6) is 0 Å². The molecular weight excluding hydrogens is 422 g/mol. The molecule has 1 aromatic carbocycles. The number of carboxylic acids is 3. The Kier molecular flexibility index (Phi) is 8.35. The molecular formula is C19H26ClNO9. The average molecular weight is 448 g/mol. The van der Waals surface area contributed by atoms with E-state index in [1.165, 1.54) is 0 Å². The second-order valence-corrected chi connectivity index (χ2v) is 8.16. The van der Waals surface area contributed by atoms with Gasteiger partial charge in [-0.2, -0.15) is 0 Å². The second kappa shape index (κ2) is 9.71. The maximum atomic E-state index is 10.6. The van der Waals surface area contributed by atoms with Gasteiger partial charge in [0.05, 0.1) is 25.5 Å². The van der Waals surface area contributed by atoms with Gasteiger partial charge in [-0.1, -0.05) is 23.7 Å². The highest BCUT2D eigenvalue weighted by Gasteiger charge is 2.45. The van der Waals surface area contributed by atoms with Crippen LogP contribution in [0.2, 0.25) is 5.02 Å². The third-order valence-electron chi connectivity index (χ3n) is 4.37. The van der Waals surface area contributed by atoms with Gasteiger partial charge >= 0.3 is 17.9 Å². The summed E-state index contributed by atoms with van der Waals surface area (Å²) in [7, 11) is 0. The lowest BCUT2D eigenvalue weighted by atomic mass is 9.93. The summed E-state index contributed by atoms with van der Waals surface area (Å²) in [5.41, 5.74) is -2.19. The summed E-state index contributed by atoms with van der Waals surface area (Å²) in [6, 6.07) is 6.94. The molecule has 0 aromatic heterocycles. The first-order valence-electron chi connectivity index (χ1n) is 8.91. The highest BCUT2D eigenvalue weighted by atomic mass is 35.5. The third kappa shape index (κ3) is 6.92. The Labute approximate surface area is 178 Å². The zero-order chi connectivity index (χ0) is 23.3. The van der Waals surface area contributed by atoms with Crippen LogP contribution in [0.3, 0.4) is 0 Å². The Morgan fingerprint density at radius 3 is 2.13 bits per heavy atom. The van der Waals surface area contributed by atoms with Crippen LogP contribution in [0.4, 0.5) is 0 Å². The Balaban J connectivity index is 0.000000314. The van der Waals surface area contributed by atoms with Crippen LogP contribution in [0.1, 0.15) is 39.2 Å². The minimum Gasteiger partial charge on any atom is -0.481 e. The number of aliphatic carboxylic acids is 3. The van der Waals surface area contributed by atoms with Crippen LogP contribution in [0.25, 0.3) is 0 Å². The minimum absolute atomic E-state index is 0.135. The van der Waals surface area contributed by atoms with Crippen LogP contribution in [-0.4, -0.2) is 67.2 Å². The number of halogens is 1. The molecule has 1 fully saturated rings. The first-order valence-corrected chi connectivity index (χ1v) is 9.28. The first kappa shape index (κ1) is 25.8. The summed E-state index contributed by atoms with van der Waals surface area (Å²) in [5.74, 6) is -6.34. The fourth-order valence-electron chi connectivity index (χ4n) is 2.90. The van der Waals surface area contributed by atoms with Crippen molar-refractivity contribution in [2.75, 3.05) is 6.61 Å². The molecule has 1 aliphatic heterocycles. The van der Waals surface area contributed by atoms with Crippen LogP contribution in [0.15, 0.2) is 24.3 Å². The van der Waals surface area contributed by atoms with Crippen molar-refractivity contribution in [1.82, 2.24) is 5.32 Å². The predicted molar refractivity (Wildman–Crippen MR) is 105 cm³/mol. The van der Waals surface area contributed by atoms with E-state index in [2.05, 4.69) is 5.32 Å². The van der Waals surface area contributed by atoms with Gasteiger partial charge in [0.15, 0.2) is 5.60 Å². The number of rotatable bonds is 6. The monoisotopic (exact) mass is 447 g/mol. The number of morpholine rings is 1. The predicted octanol–water partition coefficient (Wildman–Crippen LogP) is 1.02. The molecule has 1 heterocycles. The van der Waals surface area contributed by atoms with E-state index in [4.69, 9.17) is 36.8 Å². The standard InChI is InChI=1S/C13H18ClNO2.C6H8O7/c1-9-13(16,17-8-12(2,3)15-9)10-5-4-6-11(14)7-10;7-3(8)1-6(13,5(11)12)2-4(9)10/h4-7,9,15-16H,8H2,1-3H3;13H,1-2H2,(H,7,8)(H,9,10)(H,11,12)/t9-,13+;/m0./s1. The Morgan fingerprint density at radius 2 is 1.73 bits per heavy atom. The Bertz CT molecular complexity index is 782. The minimum atomic E-state index is -2.74. The van der Waals surface area contributed by atoms with Crippen molar-refractivity contribution >= 4 is 29.5 Å². The highest BCUT2D eigenvalue weighted by Crippen LogP contribution is 2.33. The number of benzene rings is 1. The van der Waals surface area contributed by atoms with E-state index in [1.54, 1.807) is 12.1 Å². The van der Waals surface area contributed by atoms with Crippen LogP contribution in [-0.2, 0) is 24.9 Å². The fraction of sp³-hybridized carbons (Fsp3) is 0.526. The number of carbonyl (C=O) groups is 3. The third-order valence-corrected chi connectivity index (χ3v) is 4.61. The lowest BCUT2D eigenvalue weighted by molar-refractivity contribution is -0.263. The van der Waals surface area contributed by atoms with Gasteiger partial charge in [0.2, 0.25) is 5.79 Å². The summed E-state index contributed by atoms with van der Waals surface area (Å²) in [5, 5.41) is 48.4. The van der Waals surface area contributed by atoms with Gasteiger partial charge in [-0.3, -0.25) is 9.59 Å². The molecule has 10 nitrogen and oxygen atoms in total. The van der Waals surface area contributed by atoms with Crippen LogP contribution < -0.4 is 5.32 Å². The van der Waals surface area contributed by atoms with Crippen molar-refractivity contribution in [1.29, 1.82) is 0 Å². The summed E-state index contributed by atoms with van der Waals surface area (Å²) in [6.07, 6.45) is -2.29. The molecule has 1 aromatic rings. The molecule has 0 aliphatic carbocycles. The second-order valence-electron chi connectivity index (χ2n) is 7.72. The van der Waals surface area contributed by atoms with Crippen LogP contribution >= 0.6 is 11.6 Å². The largest absolute Gasteiger partial charge is 0.481 e. The highest BCUT2D eigenvalue weighted by molar-refractivity contribution is 6.30. The summed E-state index contributed by atoms with van der Waals surface area (Å²) in [6.45, 7) is 6.43. The average Bonchev–Trinajstić information content (AvgIpc) is 2.57. The van der Waals surface area contributed by atoms with E-state index >= 15 is 0 Å². The number of carboxylic acid groups (broad SMARTS) is 3. The molecule has 2 rings (SSSR count). The van der Waals surface area contributed by atoms with Gasteiger partial charge in [0.1, 0.15) is 0 Å². The molecule has 0 saturated carbocycles.